The smallest absolute Gasteiger partial charge is 0.246 e. The number of nitrogens with two attached hydrogens (primary N) is 1. The molecule has 2 saturated heterocycles. The molecule has 234 valence electrons. The zero-order valence-corrected chi connectivity index (χ0v) is 26.2. The van der Waals surface area contributed by atoms with Gasteiger partial charge in [0.05, 0.1) is 23.6 Å². The van der Waals surface area contributed by atoms with Gasteiger partial charge in [-0.05, 0) is 74.4 Å². The molecule has 0 saturated carbocycles. The topological polar surface area (TPSA) is 126 Å². The number of para-hydroxylation sites is 1. The van der Waals surface area contributed by atoms with Gasteiger partial charge in [-0.3, -0.25) is 10.2 Å². The van der Waals surface area contributed by atoms with Crippen molar-refractivity contribution in [3.05, 3.63) is 89.9 Å². The second-order valence-corrected chi connectivity index (χ2v) is 11.5. The molecule has 2 aromatic carbocycles. The van der Waals surface area contributed by atoms with Crippen LogP contribution in [0.1, 0.15) is 56.4 Å². The molecule has 2 fully saturated rings. The Hall–Kier alpha value is -4.08. The lowest BCUT2D eigenvalue weighted by atomic mass is 9.85. The molecule has 44 heavy (non-hydrogen) atoms. The maximum absolute atomic E-state index is 12.2. The van der Waals surface area contributed by atoms with Gasteiger partial charge in [0.2, 0.25) is 5.91 Å². The highest BCUT2D eigenvalue weighted by molar-refractivity contribution is 6.14. The summed E-state index contributed by atoms with van der Waals surface area (Å²) in [6.07, 6.45) is 9.78. The summed E-state index contributed by atoms with van der Waals surface area (Å²) in [5.41, 5.74) is 8.15. The zero-order chi connectivity index (χ0) is 31.3. The van der Waals surface area contributed by atoms with Gasteiger partial charge in [0.25, 0.3) is 0 Å². The number of benzene rings is 2. The molecule has 1 aromatic heterocycles. The van der Waals surface area contributed by atoms with E-state index in [4.69, 9.17) is 20.6 Å². The molecule has 3 atom stereocenters. The van der Waals surface area contributed by atoms with Crippen LogP contribution in [0, 0.1) is 24.2 Å². The zero-order valence-electron chi connectivity index (χ0n) is 26.2. The van der Waals surface area contributed by atoms with Crippen molar-refractivity contribution in [1.29, 1.82) is 5.41 Å². The number of aromatic nitrogens is 2. The highest BCUT2D eigenvalue weighted by Gasteiger charge is 2.25. The molecule has 0 aliphatic carbocycles. The third kappa shape index (κ3) is 9.46. The number of likely N-dealkylation sites (tertiary alicyclic amines) is 1. The molecular weight excluding hydrogens is 552 g/mol. The number of piperidine rings is 1. The van der Waals surface area contributed by atoms with Crippen molar-refractivity contribution in [3.63, 3.8) is 0 Å². The van der Waals surface area contributed by atoms with Crippen molar-refractivity contribution >= 4 is 17.4 Å². The lowest BCUT2D eigenvalue weighted by molar-refractivity contribution is -0.128. The van der Waals surface area contributed by atoms with Gasteiger partial charge in [-0.1, -0.05) is 44.5 Å². The highest BCUT2D eigenvalue weighted by Crippen LogP contribution is 2.26. The van der Waals surface area contributed by atoms with Crippen LogP contribution in [0.4, 0.5) is 5.82 Å². The third-order valence-corrected chi connectivity index (χ3v) is 8.37. The molecule has 0 spiro atoms. The monoisotopic (exact) mass is 598 g/mol. The molecule has 1 amide bonds. The number of carbonyl (C=O) groups excluding carboxylic acids is 1. The molecule has 3 heterocycles. The van der Waals surface area contributed by atoms with E-state index in [1.165, 1.54) is 19.2 Å². The number of nitrogens with zero attached hydrogens (tertiary/aromatic N) is 3. The average Bonchev–Trinajstić information content (AvgIpc) is 3.57. The van der Waals surface area contributed by atoms with Crippen LogP contribution in [-0.2, 0) is 9.53 Å². The largest absolute Gasteiger partial charge is 0.457 e. The van der Waals surface area contributed by atoms with Crippen LogP contribution in [-0.4, -0.2) is 65.4 Å². The van der Waals surface area contributed by atoms with E-state index in [0.29, 0.717) is 46.4 Å². The summed E-state index contributed by atoms with van der Waals surface area (Å²) in [5.74, 6) is 3.36. The van der Waals surface area contributed by atoms with Gasteiger partial charge in [-0.25, -0.2) is 9.97 Å². The number of anilines is 1. The number of aryl methyl sites for hydroxylation is 1. The summed E-state index contributed by atoms with van der Waals surface area (Å²) in [6.45, 7) is 10.6. The van der Waals surface area contributed by atoms with Gasteiger partial charge in [-0.15, -0.1) is 0 Å². The van der Waals surface area contributed by atoms with Crippen molar-refractivity contribution < 1.29 is 14.3 Å². The van der Waals surface area contributed by atoms with Gasteiger partial charge < -0.3 is 25.4 Å². The fourth-order valence-electron chi connectivity index (χ4n) is 5.46. The van der Waals surface area contributed by atoms with Gasteiger partial charge in [-0.2, -0.15) is 0 Å². The first-order valence-corrected chi connectivity index (χ1v) is 15.6. The summed E-state index contributed by atoms with van der Waals surface area (Å²) >= 11 is 0. The number of nitrogen functional groups attached to an aromatic ring is 1. The quantitative estimate of drug-likeness (QED) is 0.199. The average molecular weight is 599 g/mol. The van der Waals surface area contributed by atoms with Crippen molar-refractivity contribution in [2.45, 2.75) is 52.5 Å². The first-order chi connectivity index (χ1) is 21.4. The van der Waals surface area contributed by atoms with Crippen LogP contribution < -0.4 is 15.8 Å². The number of carbonyl (C=O) groups is 1. The predicted molar refractivity (Wildman–Crippen MR) is 175 cm³/mol. The minimum absolute atomic E-state index is 0.174. The Morgan fingerprint density at radius 3 is 2.59 bits per heavy atom. The van der Waals surface area contributed by atoms with E-state index in [1.54, 1.807) is 6.08 Å². The Bertz CT molecular complexity index is 1350. The van der Waals surface area contributed by atoms with Crippen LogP contribution in [0.5, 0.6) is 11.5 Å². The van der Waals surface area contributed by atoms with Gasteiger partial charge in [0, 0.05) is 43.9 Å². The van der Waals surface area contributed by atoms with E-state index in [9.17, 15) is 4.79 Å². The maximum Gasteiger partial charge on any atom is 0.246 e. The van der Waals surface area contributed by atoms with Crippen LogP contribution in [0.3, 0.4) is 0 Å². The number of rotatable bonds is 10. The van der Waals surface area contributed by atoms with Crippen LogP contribution in [0.25, 0.3) is 0 Å². The first kappa shape index (κ1) is 32.8. The Kier molecular flexibility index (Phi) is 12.4. The van der Waals surface area contributed by atoms with Crippen LogP contribution in [0.15, 0.2) is 73.1 Å². The van der Waals surface area contributed by atoms with Crippen LogP contribution in [0.2, 0.25) is 0 Å². The Morgan fingerprint density at radius 1 is 1.16 bits per heavy atom. The van der Waals surface area contributed by atoms with Crippen molar-refractivity contribution in [2.24, 2.45) is 11.8 Å². The number of nitrogens with one attached hydrogen (secondary N) is 2. The van der Waals surface area contributed by atoms with E-state index < -0.39 is 0 Å². The summed E-state index contributed by atoms with van der Waals surface area (Å²) in [7, 11) is 0. The maximum atomic E-state index is 12.2. The van der Waals surface area contributed by atoms with Gasteiger partial charge in [0.1, 0.15) is 23.6 Å². The Morgan fingerprint density at radius 2 is 1.91 bits per heavy atom. The van der Waals surface area contributed by atoms with E-state index in [-0.39, 0.29) is 5.91 Å². The number of hydrogen-bond donors (Lipinski definition) is 3. The number of hydrogen-bond acceptors (Lipinski definition) is 8. The fraction of sp³-hybridized carbons (Fsp3) is 0.429. The van der Waals surface area contributed by atoms with E-state index >= 15 is 0 Å². The van der Waals surface area contributed by atoms with Gasteiger partial charge >= 0.3 is 0 Å². The molecule has 9 heteroatoms. The molecule has 0 radical (unpaired) electrons. The molecule has 2 aliphatic heterocycles. The van der Waals surface area contributed by atoms with Crippen molar-refractivity contribution in [2.75, 3.05) is 38.6 Å². The standard InChI is InChI=1S/C18H16N4O.C17H30N2O2/c1-12-16(18(20)22-11-21-12)17(19)13-7-9-15(10-8-13)23-14-5-3-2-4-6-14;1-3-14(2)15-6-5-10-19(12-15)17(20)7-4-9-18-16-8-11-21-13-16/h2-11,19H,1H3,(H2,20,21,22);4,7,14-16,18H,3,5-6,8-13H2,1-2H3/b;7-4+. The fourth-order valence-corrected chi connectivity index (χ4v) is 5.46. The molecular formula is C35H46N6O3. The van der Waals surface area contributed by atoms with Crippen LogP contribution >= 0.6 is 0 Å². The predicted octanol–water partition coefficient (Wildman–Crippen LogP) is 5.78. The van der Waals surface area contributed by atoms with E-state index in [2.05, 4.69) is 29.1 Å². The number of ether oxygens (including phenoxy) is 2. The molecule has 0 bridgehead atoms. The third-order valence-electron chi connectivity index (χ3n) is 8.37. The molecule has 9 nitrogen and oxygen atoms in total. The van der Waals surface area contributed by atoms with E-state index in [0.717, 1.165) is 57.0 Å². The number of amides is 1. The lowest BCUT2D eigenvalue weighted by Crippen LogP contribution is -2.41. The second-order valence-electron chi connectivity index (χ2n) is 11.5. The minimum Gasteiger partial charge on any atom is -0.457 e. The molecule has 3 aromatic rings. The van der Waals surface area contributed by atoms with Gasteiger partial charge in [0.15, 0.2) is 0 Å². The summed E-state index contributed by atoms with van der Waals surface area (Å²) in [6, 6.07) is 17.3. The molecule has 2 aliphatic rings. The lowest BCUT2D eigenvalue weighted by Gasteiger charge is -2.35. The molecule has 3 unspecified atom stereocenters. The minimum atomic E-state index is 0.174. The molecule has 4 N–H and O–H groups in total. The summed E-state index contributed by atoms with van der Waals surface area (Å²) in [4.78, 5) is 22.3. The Balaban J connectivity index is 0.000000202. The van der Waals surface area contributed by atoms with Crippen molar-refractivity contribution in [1.82, 2.24) is 20.2 Å². The molecule has 5 rings (SSSR count). The first-order valence-electron chi connectivity index (χ1n) is 15.6. The van der Waals surface area contributed by atoms with Crippen molar-refractivity contribution in [3.8, 4) is 11.5 Å². The normalized spacial score (nSPS) is 18.8. The van der Waals surface area contributed by atoms with E-state index in [1.807, 2.05) is 72.5 Å². The highest BCUT2D eigenvalue weighted by atomic mass is 16.5. The summed E-state index contributed by atoms with van der Waals surface area (Å²) < 4.78 is 11.1. The SMILES string of the molecule is CCC(C)C1CCCN(C(=O)/C=C/CNC2CCOC2)C1.Cc1ncnc(N)c1C(=N)c1ccc(Oc2ccccc2)cc1. The second kappa shape index (κ2) is 16.7. The Labute approximate surface area is 261 Å². The summed E-state index contributed by atoms with van der Waals surface area (Å²) in [5, 5.41) is 11.7.